The van der Waals surface area contributed by atoms with Gasteiger partial charge < -0.3 is 14.6 Å². The zero-order valence-electron chi connectivity index (χ0n) is 11.2. The van der Waals surface area contributed by atoms with Crippen LogP contribution in [0.5, 0.6) is 11.5 Å². The highest BCUT2D eigenvalue weighted by molar-refractivity contribution is 5.35. The van der Waals surface area contributed by atoms with Gasteiger partial charge in [0.15, 0.2) is 0 Å². The Hall–Kier alpha value is -2.00. The zero-order valence-corrected chi connectivity index (χ0v) is 11.2. The first-order valence-corrected chi connectivity index (χ1v) is 6.23. The standard InChI is InChI=1S/C16H18O3/c1-12(17)15-5-3-4-6-16(15)19-11-13-7-9-14(18-2)10-8-13/h3-10,12,17H,11H2,1-2H3. The van der Waals surface area contributed by atoms with Crippen LogP contribution in [0.3, 0.4) is 0 Å². The number of aliphatic hydroxyl groups excluding tert-OH is 1. The predicted octanol–water partition coefficient (Wildman–Crippen LogP) is 3.33. The number of aliphatic hydroxyl groups is 1. The average molecular weight is 258 g/mol. The van der Waals surface area contributed by atoms with E-state index in [0.29, 0.717) is 12.4 Å². The van der Waals surface area contributed by atoms with Crippen LogP contribution in [0.25, 0.3) is 0 Å². The van der Waals surface area contributed by atoms with E-state index in [1.54, 1.807) is 14.0 Å². The van der Waals surface area contributed by atoms with Gasteiger partial charge >= 0.3 is 0 Å². The maximum Gasteiger partial charge on any atom is 0.125 e. The Morgan fingerprint density at radius 2 is 1.74 bits per heavy atom. The van der Waals surface area contributed by atoms with Gasteiger partial charge in [-0.3, -0.25) is 0 Å². The van der Waals surface area contributed by atoms with Gasteiger partial charge in [0, 0.05) is 5.56 Å². The number of hydrogen-bond acceptors (Lipinski definition) is 3. The highest BCUT2D eigenvalue weighted by atomic mass is 16.5. The third kappa shape index (κ3) is 3.48. The summed E-state index contributed by atoms with van der Waals surface area (Å²) in [5.41, 5.74) is 1.86. The SMILES string of the molecule is COc1ccc(COc2ccccc2C(C)O)cc1. The van der Waals surface area contributed by atoms with E-state index < -0.39 is 6.10 Å². The fourth-order valence-electron chi connectivity index (χ4n) is 1.84. The number of hydrogen-bond donors (Lipinski definition) is 1. The molecule has 1 unspecified atom stereocenters. The molecule has 0 heterocycles. The molecule has 0 aliphatic heterocycles. The first kappa shape index (κ1) is 13.4. The van der Waals surface area contributed by atoms with Crippen molar-refractivity contribution in [3.63, 3.8) is 0 Å². The summed E-state index contributed by atoms with van der Waals surface area (Å²) < 4.78 is 10.9. The van der Waals surface area contributed by atoms with E-state index >= 15 is 0 Å². The molecule has 3 heteroatoms. The van der Waals surface area contributed by atoms with Crippen molar-refractivity contribution < 1.29 is 14.6 Å². The van der Waals surface area contributed by atoms with Crippen molar-refractivity contribution in [3.05, 3.63) is 59.7 Å². The average Bonchev–Trinajstić information content (AvgIpc) is 2.46. The molecule has 2 rings (SSSR count). The number of rotatable bonds is 5. The van der Waals surface area contributed by atoms with Gasteiger partial charge in [0.25, 0.3) is 0 Å². The highest BCUT2D eigenvalue weighted by Gasteiger charge is 2.08. The number of para-hydroxylation sites is 1. The van der Waals surface area contributed by atoms with Gasteiger partial charge in [-0.1, -0.05) is 30.3 Å². The van der Waals surface area contributed by atoms with Gasteiger partial charge in [-0.15, -0.1) is 0 Å². The van der Waals surface area contributed by atoms with E-state index in [1.807, 2.05) is 48.5 Å². The van der Waals surface area contributed by atoms with Crippen LogP contribution in [0.2, 0.25) is 0 Å². The molecule has 100 valence electrons. The molecule has 0 fully saturated rings. The van der Waals surface area contributed by atoms with Crippen LogP contribution in [0.1, 0.15) is 24.2 Å². The van der Waals surface area contributed by atoms with Crippen molar-refractivity contribution in [1.29, 1.82) is 0 Å². The van der Waals surface area contributed by atoms with E-state index in [2.05, 4.69) is 0 Å². The molecule has 0 saturated heterocycles. The van der Waals surface area contributed by atoms with Gasteiger partial charge in [0.2, 0.25) is 0 Å². The van der Waals surface area contributed by atoms with Crippen LogP contribution in [0.15, 0.2) is 48.5 Å². The van der Waals surface area contributed by atoms with Crippen LogP contribution >= 0.6 is 0 Å². The molecule has 0 bridgehead atoms. The van der Waals surface area contributed by atoms with Crippen molar-refractivity contribution in [2.24, 2.45) is 0 Å². The second kappa shape index (κ2) is 6.25. The molecule has 0 amide bonds. The lowest BCUT2D eigenvalue weighted by molar-refractivity contribution is 0.190. The summed E-state index contributed by atoms with van der Waals surface area (Å²) in [5.74, 6) is 1.54. The summed E-state index contributed by atoms with van der Waals surface area (Å²) >= 11 is 0. The van der Waals surface area contributed by atoms with Crippen LogP contribution in [-0.2, 0) is 6.61 Å². The van der Waals surface area contributed by atoms with Crippen molar-refractivity contribution in [3.8, 4) is 11.5 Å². The second-order valence-corrected chi connectivity index (χ2v) is 4.35. The van der Waals surface area contributed by atoms with Crippen molar-refractivity contribution in [1.82, 2.24) is 0 Å². The first-order valence-electron chi connectivity index (χ1n) is 6.23. The molecule has 0 aromatic heterocycles. The molecule has 0 radical (unpaired) electrons. The maximum absolute atomic E-state index is 9.67. The molecular formula is C16H18O3. The summed E-state index contributed by atoms with van der Waals surface area (Å²) in [6.45, 7) is 2.20. The topological polar surface area (TPSA) is 38.7 Å². The summed E-state index contributed by atoms with van der Waals surface area (Å²) in [7, 11) is 1.64. The monoisotopic (exact) mass is 258 g/mol. The molecule has 0 spiro atoms. The largest absolute Gasteiger partial charge is 0.497 e. The molecule has 2 aromatic rings. The molecule has 0 saturated carbocycles. The lowest BCUT2D eigenvalue weighted by Gasteiger charge is -2.13. The molecule has 0 aliphatic rings. The van der Waals surface area contributed by atoms with Crippen LogP contribution in [0, 0.1) is 0 Å². The Labute approximate surface area is 113 Å². The number of methoxy groups -OCH3 is 1. The van der Waals surface area contributed by atoms with E-state index in [-0.39, 0.29) is 0 Å². The van der Waals surface area contributed by atoms with Gasteiger partial charge in [-0.25, -0.2) is 0 Å². The Balaban J connectivity index is 2.05. The van der Waals surface area contributed by atoms with Gasteiger partial charge in [-0.05, 0) is 30.7 Å². The van der Waals surface area contributed by atoms with Gasteiger partial charge in [-0.2, -0.15) is 0 Å². The predicted molar refractivity (Wildman–Crippen MR) is 74.4 cm³/mol. The summed E-state index contributed by atoms with van der Waals surface area (Å²) in [6.07, 6.45) is -0.535. The third-order valence-electron chi connectivity index (χ3n) is 2.92. The Kier molecular flexibility index (Phi) is 4.42. The Morgan fingerprint density at radius 3 is 2.37 bits per heavy atom. The minimum Gasteiger partial charge on any atom is -0.497 e. The molecule has 3 nitrogen and oxygen atoms in total. The lowest BCUT2D eigenvalue weighted by Crippen LogP contribution is -2.00. The van der Waals surface area contributed by atoms with Crippen LogP contribution in [-0.4, -0.2) is 12.2 Å². The second-order valence-electron chi connectivity index (χ2n) is 4.35. The molecule has 1 N–H and O–H groups in total. The number of ether oxygens (including phenoxy) is 2. The van der Waals surface area contributed by atoms with E-state index in [4.69, 9.17) is 9.47 Å². The molecular weight excluding hydrogens is 240 g/mol. The van der Waals surface area contributed by atoms with E-state index in [1.165, 1.54) is 0 Å². The van der Waals surface area contributed by atoms with E-state index in [9.17, 15) is 5.11 Å². The maximum atomic E-state index is 9.67. The smallest absolute Gasteiger partial charge is 0.125 e. The van der Waals surface area contributed by atoms with Crippen molar-refractivity contribution >= 4 is 0 Å². The van der Waals surface area contributed by atoms with Crippen LogP contribution < -0.4 is 9.47 Å². The molecule has 19 heavy (non-hydrogen) atoms. The molecule has 1 atom stereocenters. The summed E-state index contributed by atoms with van der Waals surface area (Å²) in [5, 5.41) is 9.67. The fraction of sp³-hybridized carbons (Fsp3) is 0.250. The highest BCUT2D eigenvalue weighted by Crippen LogP contribution is 2.25. The Morgan fingerprint density at radius 1 is 1.05 bits per heavy atom. The minimum atomic E-state index is -0.535. The first-order chi connectivity index (χ1) is 9.20. The lowest BCUT2D eigenvalue weighted by atomic mass is 10.1. The van der Waals surface area contributed by atoms with E-state index in [0.717, 1.165) is 16.9 Å². The minimum absolute atomic E-state index is 0.466. The molecule has 0 aliphatic carbocycles. The summed E-state index contributed by atoms with van der Waals surface area (Å²) in [4.78, 5) is 0. The van der Waals surface area contributed by atoms with Gasteiger partial charge in [0.05, 0.1) is 13.2 Å². The summed E-state index contributed by atoms with van der Waals surface area (Å²) in [6, 6.07) is 15.3. The molecule has 2 aromatic carbocycles. The Bertz CT molecular complexity index is 518. The van der Waals surface area contributed by atoms with Crippen LogP contribution in [0.4, 0.5) is 0 Å². The quantitative estimate of drug-likeness (QED) is 0.894. The zero-order chi connectivity index (χ0) is 13.7. The van der Waals surface area contributed by atoms with Crippen molar-refractivity contribution in [2.45, 2.75) is 19.6 Å². The van der Waals surface area contributed by atoms with Gasteiger partial charge in [0.1, 0.15) is 18.1 Å². The van der Waals surface area contributed by atoms with Crippen molar-refractivity contribution in [2.75, 3.05) is 7.11 Å². The normalized spacial score (nSPS) is 11.9. The number of benzene rings is 2. The fourth-order valence-corrected chi connectivity index (χ4v) is 1.84. The third-order valence-corrected chi connectivity index (χ3v) is 2.92.